The zero-order valence-corrected chi connectivity index (χ0v) is 37.3. The second-order valence-corrected chi connectivity index (χ2v) is 21.0. The Kier molecular flexibility index (Phi) is 9.68. The molecule has 5 heterocycles. The van der Waals surface area contributed by atoms with Crippen molar-refractivity contribution in [1.82, 2.24) is 4.98 Å². The second kappa shape index (κ2) is 15.3. The molecular weight excluding hydrogens is 753 g/mol. The summed E-state index contributed by atoms with van der Waals surface area (Å²) in [5, 5.41) is 10.8. The van der Waals surface area contributed by atoms with Crippen molar-refractivity contribution in [2.24, 2.45) is 10.8 Å². The van der Waals surface area contributed by atoms with Gasteiger partial charge in [0.05, 0.1) is 22.8 Å². The van der Waals surface area contributed by atoms with Gasteiger partial charge in [-0.15, -0.1) is 0 Å². The van der Waals surface area contributed by atoms with E-state index >= 15 is 0 Å². The van der Waals surface area contributed by atoms with Crippen molar-refractivity contribution in [3.63, 3.8) is 0 Å². The Morgan fingerprint density at radius 3 is 1.56 bits per heavy atom. The lowest BCUT2D eigenvalue weighted by molar-refractivity contribution is 0.370. The first-order chi connectivity index (χ1) is 30.0. The quantitative estimate of drug-likeness (QED) is 0.177. The Morgan fingerprint density at radius 2 is 1.06 bits per heavy atom. The number of hydrogen-bond donors (Lipinski definition) is 0. The van der Waals surface area contributed by atoms with Crippen LogP contribution < -0.4 is 9.80 Å². The van der Waals surface area contributed by atoms with E-state index in [1.807, 2.05) is 12.1 Å². The van der Waals surface area contributed by atoms with Gasteiger partial charge >= 0.3 is 0 Å². The maximum atomic E-state index is 9.67. The van der Waals surface area contributed by atoms with E-state index in [1.54, 1.807) is 33.6 Å². The summed E-state index contributed by atoms with van der Waals surface area (Å²) in [5.41, 5.74) is 24.3. The molecule has 0 bridgehead atoms. The average Bonchev–Trinajstić information content (AvgIpc) is 3.25. The van der Waals surface area contributed by atoms with Crippen molar-refractivity contribution >= 4 is 45.6 Å². The molecule has 0 spiro atoms. The number of rotatable bonds is 5. The Balaban J connectivity index is 0.977. The van der Waals surface area contributed by atoms with Gasteiger partial charge in [0, 0.05) is 42.9 Å². The molecule has 0 saturated carbocycles. The van der Waals surface area contributed by atoms with Crippen LogP contribution in [-0.4, -0.2) is 31.2 Å². The van der Waals surface area contributed by atoms with Gasteiger partial charge in [-0.1, -0.05) is 64.1 Å². The number of hydrogen-bond acceptors (Lipinski definition) is 4. The summed E-state index contributed by atoms with van der Waals surface area (Å²) in [6.45, 7) is 14.5. The van der Waals surface area contributed by atoms with E-state index in [1.165, 1.54) is 117 Å². The predicted octanol–water partition coefficient (Wildman–Crippen LogP) is 13.7. The van der Waals surface area contributed by atoms with Crippen molar-refractivity contribution in [3.05, 3.63) is 146 Å². The van der Waals surface area contributed by atoms with E-state index < -0.39 is 0 Å². The van der Waals surface area contributed by atoms with E-state index in [-0.39, 0.29) is 10.8 Å². The largest absolute Gasteiger partial charge is 0.371 e. The second-order valence-electron chi connectivity index (χ2n) is 21.0. The minimum atomic E-state index is 0.143. The highest BCUT2D eigenvalue weighted by atomic mass is 15.1. The fourth-order valence-corrected chi connectivity index (χ4v) is 12.2. The van der Waals surface area contributed by atoms with Crippen molar-refractivity contribution in [2.45, 2.75) is 105 Å². The fraction of sp³-hybridized carbons (Fsp3) is 0.379. The van der Waals surface area contributed by atoms with Gasteiger partial charge in [0.25, 0.3) is 0 Å². The first-order valence-corrected chi connectivity index (χ1v) is 23.6. The number of allylic oxidation sites excluding steroid dienone is 6. The monoisotopic (exact) mass is 812 g/mol. The average molecular weight is 813 g/mol. The van der Waals surface area contributed by atoms with Gasteiger partial charge in [-0.2, -0.15) is 5.26 Å². The SMILES string of the molecule is CC1(C)CC(c2cc3c4c(c2)CCCN4CCC3)=C/C(=C/c2ccc3nc(/C=C4/C=C(c5cc6c7c(c5)CCCN7CCC6)CC(C)(C)C4)cc(-c4ccc(C#N)cc4)c3c2)C1. The van der Waals surface area contributed by atoms with Crippen LogP contribution in [0.2, 0.25) is 0 Å². The molecule has 1 aromatic heterocycles. The summed E-state index contributed by atoms with van der Waals surface area (Å²) in [4.78, 5) is 10.7. The molecule has 2 aliphatic carbocycles. The van der Waals surface area contributed by atoms with Gasteiger partial charge in [-0.3, -0.25) is 0 Å². The molecule has 312 valence electrons. The van der Waals surface area contributed by atoms with Gasteiger partial charge in [0.2, 0.25) is 0 Å². The number of aromatic nitrogens is 1. The topological polar surface area (TPSA) is 43.2 Å². The molecule has 4 aromatic carbocycles. The van der Waals surface area contributed by atoms with E-state index in [4.69, 9.17) is 4.98 Å². The number of pyridine rings is 1. The number of benzene rings is 4. The highest BCUT2D eigenvalue weighted by Gasteiger charge is 2.31. The van der Waals surface area contributed by atoms with E-state index in [0.29, 0.717) is 5.56 Å². The van der Waals surface area contributed by atoms with Crippen LogP contribution >= 0.6 is 0 Å². The zero-order chi connectivity index (χ0) is 42.2. The van der Waals surface area contributed by atoms with E-state index in [2.05, 4.69) is 129 Å². The maximum absolute atomic E-state index is 9.67. The Bertz CT molecular complexity index is 2750. The van der Waals surface area contributed by atoms with E-state index in [9.17, 15) is 5.26 Å². The summed E-state index contributed by atoms with van der Waals surface area (Å²) in [5.74, 6) is 0. The molecule has 11 rings (SSSR count). The minimum Gasteiger partial charge on any atom is -0.371 e. The standard InChI is InChI=1S/C58H60N4/c1-57(2)33-40(24-49(35-57)47-28-43-9-5-19-61-20-6-10-44(29-47)55(43)61)23-39-15-18-54-53(27-39)52(42-16-13-38(37-59)14-17-42)32-51(60-54)26-41-25-50(36-58(3,4)34-41)48-30-45-11-7-21-62-22-8-12-46(31-48)56(45)62/h13-18,23-32H,5-12,19-22,33-36H2,1-4H3/b40-23-,41-26-. The van der Waals surface area contributed by atoms with Crippen molar-refractivity contribution in [2.75, 3.05) is 36.0 Å². The smallest absolute Gasteiger partial charge is 0.0991 e. The lowest BCUT2D eigenvalue weighted by Crippen LogP contribution is -2.34. The molecule has 0 saturated heterocycles. The summed E-state index contributed by atoms with van der Waals surface area (Å²) in [7, 11) is 0. The van der Waals surface area contributed by atoms with Crippen molar-refractivity contribution in [3.8, 4) is 17.2 Å². The number of nitrogens with zero attached hydrogens (tertiary/aromatic N) is 4. The number of fused-ring (bicyclic) bond motifs is 1. The van der Waals surface area contributed by atoms with Crippen LogP contribution in [0.25, 0.3) is 45.3 Å². The van der Waals surface area contributed by atoms with Crippen LogP contribution in [0, 0.1) is 22.2 Å². The third kappa shape index (κ3) is 7.52. The lowest BCUT2D eigenvalue weighted by Gasteiger charge is -2.38. The Labute approximate surface area is 369 Å². The fourth-order valence-electron chi connectivity index (χ4n) is 12.2. The van der Waals surface area contributed by atoms with Crippen LogP contribution in [0.15, 0.2) is 96.1 Å². The summed E-state index contributed by atoms with van der Waals surface area (Å²) in [6.07, 6.45) is 23.8. The van der Waals surface area contributed by atoms with Crippen LogP contribution in [0.4, 0.5) is 11.4 Å². The van der Waals surface area contributed by atoms with Crippen molar-refractivity contribution < 1.29 is 0 Å². The van der Waals surface area contributed by atoms with Crippen LogP contribution in [-0.2, 0) is 25.7 Å². The van der Waals surface area contributed by atoms with E-state index in [0.717, 1.165) is 53.4 Å². The molecule has 4 aliphatic heterocycles. The van der Waals surface area contributed by atoms with Gasteiger partial charge < -0.3 is 9.80 Å². The molecule has 0 unspecified atom stereocenters. The molecule has 0 N–H and O–H groups in total. The number of aryl methyl sites for hydroxylation is 4. The Morgan fingerprint density at radius 1 is 0.565 bits per heavy atom. The Hall–Kier alpha value is -5.66. The normalized spacial score (nSPS) is 21.3. The number of anilines is 2. The molecule has 0 atom stereocenters. The molecule has 0 radical (unpaired) electrons. The first kappa shape index (κ1) is 39.2. The minimum absolute atomic E-state index is 0.143. The number of nitriles is 1. The lowest BCUT2D eigenvalue weighted by atomic mass is 9.72. The summed E-state index contributed by atoms with van der Waals surface area (Å²) < 4.78 is 0. The van der Waals surface area contributed by atoms with Crippen LogP contribution in [0.3, 0.4) is 0 Å². The predicted molar refractivity (Wildman–Crippen MR) is 260 cm³/mol. The van der Waals surface area contributed by atoms with Gasteiger partial charge in [0.1, 0.15) is 0 Å². The van der Waals surface area contributed by atoms with Gasteiger partial charge in [-0.25, -0.2) is 4.98 Å². The molecule has 0 fully saturated rings. The van der Waals surface area contributed by atoms with Gasteiger partial charge in [-0.05, 0) is 221 Å². The highest BCUT2D eigenvalue weighted by molar-refractivity contribution is 5.97. The third-order valence-corrected chi connectivity index (χ3v) is 14.7. The summed E-state index contributed by atoms with van der Waals surface area (Å²) >= 11 is 0. The zero-order valence-electron chi connectivity index (χ0n) is 37.3. The van der Waals surface area contributed by atoms with Gasteiger partial charge in [0.15, 0.2) is 0 Å². The van der Waals surface area contributed by atoms with Crippen molar-refractivity contribution in [1.29, 1.82) is 5.26 Å². The van der Waals surface area contributed by atoms with Crippen LogP contribution in [0.5, 0.6) is 0 Å². The summed E-state index contributed by atoms with van der Waals surface area (Å²) in [6, 6.07) is 29.6. The molecule has 4 heteroatoms. The van der Waals surface area contributed by atoms with Crippen LogP contribution in [0.1, 0.15) is 129 Å². The molecular formula is C58H60N4. The third-order valence-electron chi connectivity index (χ3n) is 14.7. The molecule has 4 nitrogen and oxygen atoms in total. The first-order valence-electron chi connectivity index (χ1n) is 23.6. The molecule has 5 aromatic rings. The molecule has 0 amide bonds. The molecule has 62 heavy (non-hydrogen) atoms. The molecule has 6 aliphatic rings. The highest BCUT2D eigenvalue weighted by Crippen LogP contribution is 2.47. The maximum Gasteiger partial charge on any atom is 0.0991 e.